The molecule has 58 heavy (non-hydrogen) atoms. The van der Waals surface area contributed by atoms with Gasteiger partial charge in [-0.15, -0.1) is 0 Å². The predicted octanol–water partition coefficient (Wildman–Crippen LogP) is 11.3. The van der Waals surface area contributed by atoms with Crippen molar-refractivity contribution < 1.29 is 9.13 Å². The third kappa shape index (κ3) is 6.49. The van der Waals surface area contributed by atoms with Gasteiger partial charge in [-0.3, -0.25) is 0 Å². The van der Waals surface area contributed by atoms with Crippen LogP contribution in [-0.4, -0.2) is 9.13 Å². The fourth-order valence-corrected chi connectivity index (χ4v) is 8.74. The first-order valence-electron chi connectivity index (χ1n) is 20.2. The minimum absolute atomic E-state index is 0.803. The zero-order valence-corrected chi connectivity index (χ0v) is 32.2. The zero-order valence-electron chi connectivity index (χ0n) is 32.2. The van der Waals surface area contributed by atoms with Crippen LogP contribution in [0.1, 0.15) is 22.3 Å². The number of nitrogens with zero attached hydrogens (tertiary/aromatic N) is 4. The Morgan fingerprint density at radius 1 is 0.293 bits per heavy atom. The van der Waals surface area contributed by atoms with E-state index in [9.17, 15) is 0 Å². The highest BCUT2D eigenvalue weighted by molar-refractivity contribution is 5.76. The first-order valence-corrected chi connectivity index (χ1v) is 20.2. The number of hydrogen-bond acceptors (Lipinski definition) is 0. The summed E-state index contributed by atoms with van der Waals surface area (Å²) in [4.78, 5) is 0. The summed E-state index contributed by atoms with van der Waals surface area (Å²) in [5.74, 6) is 0. The number of rotatable bonds is 0. The van der Waals surface area contributed by atoms with Crippen molar-refractivity contribution in [3.63, 3.8) is 0 Å². The van der Waals surface area contributed by atoms with Crippen molar-refractivity contribution in [3.05, 3.63) is 229 Å². The van der Waals surface area contributed by atoms with Gasteiger partial charge in [-0.2, -0.15) is 0 Å². The molecule has 4 nitrogen and oxygen atoms in total. The molecule has 0 saturated heterocycles. The molecule has 0 fully saturated rings. The van der Waals surface area contributed by atoms with Crippen LogP contribution in [0.4, 0.5) is 0 Å². The Balaban J connectivity index is 0.974. The molecule has 0 atom stereocenters. The highest BCUT2D eigenvalue weighted by Gasteiger charge is 2.18. The summed E-state index contributed by atoms with van der Waals surface area (Å²) < 4.78 is 9.50. The molecule has 10 aromatic rings. The molecule has 0 spiro atoms. The summed E-state index contributed by atoms with van der Waals surface area (Å²) in [5.41, 5.74) is 19.8. The van der Waals surface area contributed by atoms with E-state index in [4.69, 9.17) is 0 Å². The molecule has 0 N–H and O–H groups in total. The molecule has 0 saturated carbocycles. The van der Waals surface area contributed by atoms with Crippen LogP contribution >= 0.6 is 0 Å². The van der Waals surface area contributed by atoms with Crippen LogP contribution in [0.2, 0.25) is 0 Å². The standard InChI is InChI=1S/C54H42N4/c1-2-12-52-51(11-1)55-33-39-15-23-43(24-16-39)47-7-5-9-49(31-47)45-27-19-41(20-28-45)35-57-38-58(54-14-4-3-13-53(54)57)36-42-21-29-46(30-22-42)50-10-6-8-48(32-50)44-25-17-40(18-26-44)34-56(52)37-55/h1-32,37-38H,33-36H2/q+2. The summed E-state index contributed by atoms with van der Waals surface area (Å²) in [6, 6.07) is 71.6. The highest BCUT2D eigenvalue weighted by Crippen LogP contribution is 2.30. The molecule has 16 bridgehead atoms. The van der Waals surface area contributed by atoms with E-state index >= 15 is 0 Å². The second-order valence-electron chi connectivity index (χ2n) is 15.7. The lowest BCUT2D eigenvalue weighted by atomic mass is 9.98. The molecule has 0 amide bonds. The Morgan fingerprint density at radius 2 is 0.621 bits per heavy atom. The molecule has 0 radical (unpaired) electrons. The molecule has 17 rings (SSSR count). The van der Waals surface area contributed by atoms with Gasteiger partial charge in [0.2, 0.25) is 12.7 Å². The fraction of sp³-hybridized carbons (Fsp3) is 0.0741. The van der Waals surface area contributed by atoms with Crippen LogP contribution < -0.4 is 9.13 Å². The zero-order chi connectivity index (χ0) is 38.4. The minimum atomic E-state index is 0.803. The maximum atomic E-state index is 2.38. The Hall–Kier alpha value is -7.30. The van der Waals surface area contributed by atoms with E-state index in [1.807, 2.05) is 0 Å². The van der Waals surface area contributed by atoms with E-state index in [2.05, 4.69) is 225 Å². The highest BCUT2D eigenvalue weighted by atomic mass is 15.1. The second-order valence-corrected chi connectivity index (χ2v) is 15.7. The normalized spacial score (nSPS) is 12.6. The summed E-state index contributed by atoms with van der Waals surface area (Å²) in [5, 5.41) is 0. The second kappa shape index (κ2) is 14.3. The van der Waals surface area contributed by atoms with Crippen molar-refractivity contribution in [2.45, 2.75) is 26.2 Å². The molecule has 7 aliphatic rings. The number of fused-ring (bicyclic) bond motifs is 2. The van der Waals surface area contributed by atoms with Crippen molar-refractivity contribution >= 4 is 22.1 Å². The average molecular weight is 747 g/mol. The van der Waals surface area contributed by atoms with Crippen molar-refractivity contribution in [1.29, 1.82) is 0 Å². The van der Waals surface area contributed by atoms with E-state index in [-0.39, 0.29) is 0 Å². The largest absolute Gasteiger partial charge is 0.245 e. The van der Waals surface area contributed by atoms with Crippen LogP contribution in [0.5, 0.6) is 0 Å². The van der Waals surface area contributed by atoms with Gasteiger partial charge < -0.3 is 0 Å². The molecule has 2 aromatic heterocycles. The summed E-state index contributed by atoms with van der Waals surface area (Å²) in [6.45, 7) is 3.21. The topological polar surface area (TPSA) is 17.6 Å². The van der Waals surface area contributed by atoms with Crippen LogP contribution in [0.3, 0.4) is 0 Å². The first-order chi connectivity index (χ1) is 28.7. The van der Waals surface area contributed by atoms with Crippen LogP contribution in [0.15, 0.2) is 207 Å². The molecular weight excluding hydrogens is 705 g/mol. The molecule has 9 heterocycles. The quantitative estimate of drug-likeness (QED) is 0.138. The fourth-order valence-electron chi connectivity index (χ4n) is 8.74. The van der Waals surface area contributed by atoms with Gasteiger partial charge in [0.15, 0.2) is 22.1 Å². The third-order valence-corrected chi connectivity index (χ3v) is 11.8. The Labute approximate surface area is 338 Å². The smallest absolute Gasteiger partial charge is 0.226 e. The Bertz CT molecular complexity index is 2670. The van der Waals surface area contributed by atoms with Crippen molar-refractivity contribution in [1.82, 2.24) is 9.13 Å². The van der Waals surface area contributed by atoms with Gasteiger partial charge in [0.25, 0.3) is 0 Å². The summed E-state index contributed by atoms with van der Waals surface area (Å²) in [7, 11) is 0. The van der Waals surface area contributed by atoms with E-state index in [1.54, 1.807) is 0 Å². The Kier molecular flexibility index (Phi) is 8.40. The maximum Gasteiger partial charge on any atom is 0.245 e. The lowest BCUT2D eigenvalue weighted by molar-refractivity contribution is -0.663. The Morgan fingerprint density at radius 3 is 0.983 bits per heavy atom. The lowest BCUT2D eigenvalue weighted by Gasteiger charge is -2.08. The number of hydrogen-bond donors (Lipinski definition) is 0. The van der Waals surface area contributed by atoms with Crippen molar-refractivity contribution in [2.75, 3.05) is 0 Å². The van der Waals surface area contributed by atoms with Crippen molar-refractivity contribution in [2.24, 2.45) is 0 Å². The van der Waals surface area contributed by atoms with Gasteiger partial charge in [0.05, 0.1) is 0 Å². The first kappa shape index (κ1) is 34.0. The van der Waals surface area contributed by atoms with Crippen LogP contribution in [0.25, 0.3) is 66.6 Å². The van der Waals surface area contributed by atoms with Crippen molar-refractivity contribution in [3.8, 4) is 44.5 Å². The molecule has 276 valence electrons. The number of aromatic nitrogens is 4. The van der Waals surface area contributed by atoms with Gasteiger partial charge in [0.1, 0.15) is 26.2 Å². The van der Waals surface area contributed by atoms with E-state index < -0.39 is 0 Å². The number of imidazole rings is 2. The van der Waals surface area contributed by atoms with E-state index in [0.717, 1.165) is 26.2 Å². The minimum Gasteiger partial charge on any atom is -0.226 e. The van der Waals surface area contributed by atoms with Gasteiger partial charge in [-0.05, 0) is 103 Å². The molecule has 4 heteroatoms. The molecule has 0 unspecified atom stereocenters. The monoisotopic (exact) mass is 746 g/mol. The van der Waals surface area contributed by atoms with E-state index in [1.165, 1.54) is 88.8 Å². The summed E-state index contributed by atoms with van der Waals surface area (Å²) >= 11 is 0. The SMILES string of the molecule is c1cc2cc(c1)-c1ccc(cc1)Cn1c[n+](c3ccccc31)Cc1ccc(cc1)-c1cccc(c1)-c1ccc(cc1)C[n+]1cn(c3ccccc31)Cc1ccc-2cc1. The van der Waals surface area contributed by atoms with Gasteiger partial charge in [-0.25, -0.2) is 18.3 Å². The van der Waals surface area contributed by atoms with Gasteiger partial charge >= 0.3 is 0 Å². The summed E-state index contributed by atoms with van der Waals surface area (Å²) in [6.07, 6.45) is 4.55. The van der Waals surface area contributed by atoms with Crippen LogP contribution in [0, 0.1) is 0 Å². The van der Waals surface area contributed by atoms with Gasteiger partial charge in [-0.1, -0.05) is 158 Å². The van der Waals surface area contributed by atoms with Crippen LogP contribution in [-0.2, 0) is 26.2 Å². The molecule has 7 aliphatic heterocycles. The maximum absolute atomic E-state index is 2.38. The number of para-hydroxylation sites is 4. The molecule has 0 aliphatic carbocycles. The van der Waals surface area contributed by atoms with Gasteiger partial charge in [0, 0.05) is 0 Å². The number of benzene rings is 8. The molecular formula is C54H42N4+2. The predicted molar refractivity (Wildman–Crippen MR) is 235 cm³/mol. The third-order valence-electron chi connectivity index (χ3n) is 11.8. The molecule has 8 aromatic carbocycles. The lowest BCUT2D eigenvalue weighted by Crippen LogP contribution is -2.32. The average Bonchev–Trinajstić information content (AvgIpc) is 3.81. The van der Waals surface area contributed by atoms with E-state index in [0.29, 0.717) is 0 Å².